The van der Waals surface area contributed by atoms with Crippen molar-refractivity contribution in [3.05, 3.63) is 58.4 Å². The summed E-state index contributed by atoms with van der Waals surface area (Å²) in [6.07, 6.45) is 1.19. The highest BCUT2D eigenvalue weighted by Gasteiger charge is 2.34. The number of hydrogen-bond acceptors (Lipinski definition) is 8. The number of nitrogens with zero attached hydrogens (tertiary/aromatic N) is 3. The molecule has 0 radical (unpaired) electrons. The van der Waals surface area contributed by atoms with Gasteiger partial charge in [0.15, 0.2) is 23.1 Å². The Hall–Kier alpha value is -3.21. The molecule has 3 aromatic rings. The van der Waals surface area contributed by atoms with Crippen LogP contribution >= 0.6 is 0 Å². The molecular formula is C25H27FN4O5. The highest BCUT2D eigenvalue weighted by atomic mass is 19.1. The van der Waals surface area contributed by atoms with Crippen molar-refractivity contribution in [2.75, 3.05) is 46.0 Å². The van der Waals surface area contributed by atoms with Crippen LogP contribution in [0.2, 0.25) is 0 Å². The molecule has 0 bridgehead atoms. The van der Waals surface area contributed by atoms with E-state index in [9.17, 15) is 14.3 Å². The van der Waals surface area contributed by atoms with Crippen LogP contribution in [0.15, 0.2) is 41.3 Å². The van der Waals surface area contributed by atoms with Crippen LogP contribution in [0.5, 0.6) is 17.2 Å². The lowest BCUT2D eigenvalue weighted by Gasteiger charge is -2.31. The number of benzene rings is 1. The van der Waals surface area contributed by atoms with Crippen LogP contribution in [0.25, 0.3) is 10.9 Å². The lowest BCUT2D eigenvalue weighted by atomic mass is 10.1. The van der Waals surface area contributed by atoms with E-state index in [4.69, 9.17) is 14.2 Å². The van der Waals surface area contributed by atoms with E-state index in [1.807, 2.05) is 6.07 Å². The molecule has 0 unspecified atom stereocenters. The largest absolute Gasteiger partial charge is 0.486 e. The molecule has 2 N–H and O–H groups in total. The van der Waals surface area contributed by atoms with Crippen LogP contribution in [-0.4, -0.2) is 71.7 Å². The molecule has 35 heavy (non-hydrogen) atoms. The predicted molar refractivity (Wildman–Crippen MR) is 126 cm³/mol. The van der Waals surface area contributed by atoms with Crippen molar-refractivity contribution >= 4 is 10.9 Å². The van der Waals surface area contributed by atoms with E-state index in [0.717, 1.165) is 11.1 Å². The second kappa shape index (κ2) is 9.10. The molecule has 0 spiro atoms. The van der Waals surface area contributed by atoms with Gasteiger partial charge in [0, 0.05) is 56.2 Å². The first-order valence-corrected chi connectivity index (χ1v) is 11.9. The summed E-state index contributed by atoms with van der Waals surface area (Å²) in [6, 6.07) is 7.85. The summed E-state index contributed by atoms with van der Waals surface area (Å²) in [7, 11) is 0. The molecule has 0 saturated carbocycles. The van der Waals surface area contributed by atoms with E-state index in [2.05, 4.69) is 15.2 Å². The summed E-state index contributed by atoms with van der Waals surface area (Å²) in [5, 5.41) is 14.8. The van der Waals surface area contributed by atoms with Crippen molar-refractivity contribution in [1.29, 1.82) is 0 Å². The number of hydrogen-bond donors (Lipinski definition) is 2. The third kappa shape index (κ3) is 4.22. The molecule has 3 atom stereocenters. The molecule has 1 aromatic carbocycles. The SMILES string of the molecule is O=c1ccc2ccc(F)c3c2n1[C@H](CN1C[C@H](CNCc2cc4c(cn2)OCCO4)[C@H](O)C1)CO3. The summed E-state index contributed by atoms with van der Waals surface area (Å²) >= 11 is 0. The fourth-order valence-electron chi connectivity index (χ4n) is 5.25. The standard InChI is InChI=1S/C25H27FN4O5/c26-19-3-1-15-2-4-23(32)30-18(14-35-25(19)24(15)30)12-29-11-16(20(31)13-29)8-27-9-17-7-21-22(10-28-17)34-6-5-33-21/h1-4,7,10,16,18,20,27,31H,5-6,8-9,11-14H2/t16-,18+,20+/m0/s1. The maximum Gasteiger partial charge on any atom is 0.251 e. The Bertz CT molecular complexity index is 1310. The Morgan fingerprint density at radius 2 is 1.94 bits per heavy atom. The van der Waals surface area contributed by atoms with Crippen molar-refractivity contribution < 1.29 is 23.7 Å². The molecule has 0 aliphatic carbocycles. The molecule has 2 aromatic heterocycles. The second-order valence-electron chi connectivity index (χ2n) is 9.32. The fraction of sp³-hybridized carbons (Fsp3) is 0.440. The number of nitrogens with one attached hydrogen (secondary N) is 1. The lowest BCUT2D eigenvalue weighted by molar-refractivity contribution is 0.134. The van der Waals surface area contributed by atoms with Gasteiger partial charge in [0.25, 0.3) is 5.56 Å². The molecule has 1 saturated heterocycles. The van der Waals surface area contributed by atoms with E-state index in [1.165, 1.54) is 12.1 Å². The van der Waals surface area contributed by atoms with Gasteiger partial charge in [0.2, 0.25) is 0 Å². The van der Waals surface area contributed by atoms with Gasteiger partial charge in [-0.05, 0) is 18.2 Å². The molecule has 5 heterocycles. The highest BCUT2D eigenvalue weighted by molar-refractivity contribution is 5.85. The third-order valence-corrected chi connectivity index (χ3v) is 6.93. The number of aliphatic hydroxyl groups is 1. The summed E-state index contributed by atoms with van der Waals surface area (Å²) in [4.78, 5) is 19.3. The van der Waals surface area contributed by atoms with Crippen LogP contribution in [0.4, 0.5) is 4.39 Å². The zero-order chi connectivity index (χ0) is 23.9. The maximum absolute atomic E-state index is 14.3. The summed E-state index contributed by atoms with van der Waals surface area (Å²) in [6.45, 7) is 4.16. The minimum absolute atomic E-state index is 0.0361. The quantitative estimate of drug-likeness (QED) is 0.543. The van der Waals surface area contributed by atoms with Gasteiger partial charge in [-0.15, -0.1) is 0 Å². The Labute approximate surface area is 201 Å². The zero-order valence-electron chi connectivity index (χ0n) is 19.2. The molecule has 3 aliphatic rings. The highest BCUT2D eigenvalue weighted by Crippen LogP contribution is 2.34. The van der Waals surface area contributed by atoms with Crippen LogP contribution in [0.3, 0.4) is 0 Å². The molecule has 184 valence electrons. The van der Waals surface area contributed by atoms with Crippen LogP contribution < -0.4 is 25.1 Å². The molecular weight excluding hydrogens is 455 g/mol. The van der Waals surface area contributed by atoms with Gasteiger partial charge in [-0.25, -0.2) is 4.39 Å². The Morgan fingerprint density at radius 3 is 2.83 bits per heavy atom. The van der Waals surface area contributed by atoms with Gasteiger partial charge >= 0.3 is 0 Å². The van der Waals surface area contributed by atoms with Crippen molar-refractivity contribution in [2.24, 2.45) is 5.92 Å². The van der Waals surface area contributed by atoms with Crippen LogP contribution in [0.1, 0.15) is 11.7 Å². The van der Waals surface area contributed by atoms with Crippen molar-refractivity contribution in [3.8, 4) is 17.2 Å². The van der Waals surface area contributed by atoms with E-state index < -0.39 is 11.9 Å². The first kappa shape index (κ1) is 22.3. The van der Waals surface area contributed by atoms with Crippen LogP contribution in [0, 0.1) is 11.7 Å². The Balaban J connectivity index is 1.09. The van der Waals surface area contributed by atoms with Gasteiger partial charge in [-0.2, -0.15) is 0 Å². The minimum atomic E-state index is -0.488. The smallest absolute Gasteiger partial charge is 0.251 e. The van der Waals surface area contributed by atoms with Crippen molar-refractivity contribution in [1.82, 2.24) is 19.8 Å². The van der Waals surface area contributed by atoms with Gasteiger partial charge in [-0.3, -0.25) is 19.2 Å². The molecule has 1 fully saturated rings. The number of likely N-dealkylation sites (tertiary alicyclic amines) is 1. The fourth-order valence-corrected chi connectivity index (χ4v) is 5.25. The van der Waals surface area contributed by atoms with Gasteiger partial charge in [0.05, 0.1) is 29.6 Å². The summed E-state index contributed by atoms with van der Waals surface area (Å²) < 4.78 is 32.8. The second-order valence-corrected chi connectivity index (χ2v) is 9.32. The number of β-amino-alcohol motifs (C(OH)–C–C–N with tert-alkyl or cyclic N) is 1. The van der Waals surface area contributed by atoms with Crippen LogP contribution in [-0.2, 0) is 6.54 Å². The van der Waals surface area contributed by atoms with E-state index in [0.29, 0.717) is 63.0 Å². The van der Waals surface area contributed by atoms with E-state index >= 15 is 0 Å². The molecule has 3 aliphatic heterocycles. The predicted octanol–water partition coefficient (Wildman–Crippen LogP) is 1.32. The topological polar surface area (TPSA) is 98.1 Å². The third-order valence-electron chi connectivity index (χ3n) is 6.93. The normalized spacial score (nSPS) is 23.4. The zero-order valence-corrected chi connectivity index (χ0v) is 19.2. The molecule has 9 nitrogen and oxygen atoms in total. The van der Waals surface area contributed by atoms with Crippen molar-refractivity contribution in [3.63, 3.8) is 0 Å². The van der Waals surface area contributed by atoms with Gasteiger partial charge in [0.1, 0.15) is 19.8 Å². The lowest BCUT2D eigenvalue weighted by Crippen LogP contribution is -2.39. The first-order valence-electron chi connectivity index (χ1n) is 11.9. The molecule has 0 amide bonds. The number of halogens is 1. The van der Waals surface area contributed by atoms with Gasteiger partial charge in [-0.1, -0.05) is 0 Å². The summed E-state index contributed by atoms with van der Waals surface area (Å²) in [5.74, 6) is 1.07. The maximum atomic E-state index is 14.3. The monoisotopic (exact) mass is 482 g/mol. The summed E-state index contributed by atoms with van der Waals surface area (Å²) in [5.41, 5.74) is 1.16. The number of aromatic nitrogens is 2. The number of aliphatic hydroxyl groups excluding tert-OH is 1. The number of ether oxygens (including phenoxy) is 3. The van der Waals surface area contributed by atoms with E-state index in [1.54, 1.807) is 22.9 Å². The Kier molecular flexibility index (Phi) is 5.79. The number of pyridine rings is 2. The van der Waals surface area contributed by atoms with Crippen molar-refractivity contribution in [2.45, 2.75) is 18.7 Å². The Morgan fingerprint density at radius 1 is 1.11 bits per heavy atom. The molecule has 6 rings (SSSR count). The number of fused-ring (bicyclic) bond motifs is 1. The number of rotatable bonds is 6. The average Bonchev–Trinajstić information content (AvgIpc) is 3.21. The minimum Gasteiger partial charge on any atom is -0.486 e. The average molecular weight is 483 g/mol. The first-order chi connectivity index (χ1) is 17.1. The van der Waals surface area contributed by atoms with Gasteiger partial charge < -0.3 is 24.6 Å². The van der Waals surface area contributed by atoms with E-state index in [-0.39, 0.29) is 29.9 Å². The molecule has 10 heteroatoms.